The van der Waals surface area contributed by atoms with E-state index in [4.69, 9.17) is 5.73 Å². The number of nitrogens with one attached hydrogen (secondary N) is 2. The topological polar surface area (TPSA) is 84.2 Å². The van der Waals surface area contributed by atoms with Gasteiger partial charge in [0.05, 0.1) is 17.6 Å². The molecule has 0 heterocycles. The second-order valence-electron chi connectivity index (χ2n) is 3.42. The molecule has 0 saturated heterocycles. The van der Waals surface area contributed by atoms with Gasteiger partial charge < -0.3 is 11.1 Å². The van der Waals surface area contributed by atoms with Crippen LogP contribution in [0.2, 0.25) is 0 Å². The molecule has 0 aliphatic rings. The van der Waals surface area contributed by atoms with Crippen LogP contribution in [0.4, 0.5) is 20.2 Å². The third-order valence-electron chi connectivity index (χ3n) is 1.92. The quantitative estimate of drug-likeness (QED) is 0.535. The lowest BCUT2D eigenvalue weighted by molar-refractivity contribution is 0.511. The minimum Gasteiger partial charge on any atom is -0.397 e. The number of nitrogen functional groups attached to an aromatic ring is 1. The summed E-state index contributed by atoms with van der Waals surface area (Å²) < 4.78 is 49.8. The predicted octanol–water partition coefficient (Wildman–Crippen LogP) is 0.508. The van der Waals surface area contributed by atoms with Gasteiger partial charge in [0.15, 0.2) is 11.6 Å². The SMILES string of the molecule is CS(=O)(=O)NCCNc1c(N)ccc(F)c1F. The Hall–Kier alpha value is -1.41. The van der Waals surface area contributed by atoms with Gasteiger partial charge in [-0.25, -0.2) is 21.9 Å². The molecule has 5 nitrogen and oxygen atoms in total. The minimum absolute atomic E-state index is 0.0498. The number of anilines is 2. The van der Waals surface area contributed by atoms with Crippen LogP contribution < -0.4 is 15.8 Å². The van der Waals surface area contributed by atoms with Gasteiger partial charge in [-0.3, -0.25) is 0 Å². The Bertz CT molecular complexity index is 505. The molecule has 8 heteroatoms. The molecule has 1 rings (SSSR count). The molecule has 0 fully saturated rings. The second-order valence-corrected chi connectivity index (χ2v) is 5.25. The van der Waals surface area contributed by atoms with Gasteiger partial charge >= 0.3 is 0 Å². The molecule has 96 valence electrons. The lowest BCUT2D eigenvalue weighted by Gasteiger charge is -2.10. The first-order valence-corrected chi connectivity index (χ1v) is 6.62. The molecule has 0 aliphatic carbocycles. The lowest BCUT2D eigenvalue weighted by Crippen LogP contribution is -2.28. The highest BCUT2D eigenvalue weighted by Gasteiger charge is 2.11. The van der Waals surface area contributed by atoms with Gasteiger partial charge in [-0.15, -0.1) is 0 Å². The number of sulfonamides is 1. The molecule has 0 amide bonds. The van der Waals surface area contributed by atoms with Crippen molar-refractivity contribution in [1.82, 2.24) is 4.72 Å². The molecule has 0 aromatic heterocycles. The van der Waals surface area contributed by atoms with E-state index >= 15 is 0 Å². The van der Waals surface area contributed by atoms with E-state index in [9.17, 15) is 17.2 Å². The van der Waals surface area contributed by atoms with E-state index in [0.29, 0.717) is 0 Å². The maximum Gasteiger partial charge on any atom is 0.208 e. The fourth-order valence-corrected chi connectivity index (χ4v) is 1.64. The Morgan fingerprint density at radius 1 is 1.29 bits per heavy atom. The summed E-state index contributed by atoms with van der Waals surface area (Å²) in [6, 6.07) is 2.15. The minimum atomic E-state index is -3.30. The van der Waals surface area contributed by atoms with Crippen LogP contribution in [-0.2, 0) is 10.0 Å². The monoisotopic (exact) mass is 265 g/mol. The molecule has 0 aliphatic heterocycles. The van der Waals surface area contributed by atoms with Gasteiger partial charge in [0.2, 0.25) is 10.0 Å². The fraction of sp³-hybridized carbons (Fsp3) is 0.333. The van der Waals surface area contributed by atoms with Crippen LogP contribution in [-0.4, -0.2) is 27.8 Å². The van der Waals surface area contributed by atoms with Crippen LogP contribution in [0.1, 0.15) is 0 Å². The summed E-state index contributed by atoms with van der Waals surface area (Å²) in [7, 11) is -3.30. The normalized spacial score (nSPS) is 11.5. The number of halogens is 2. The second kappa shape index (κ2) is 5.28. The van der Waals surface area contributed by atoms with Crippen molar-refractivity contribution in [2.24, 2.45) is 0 Å². The van der Waals surface area contributed by atoms with E-state index in [2.05, 4.69) is 10.0 Å². The summed E-state index contributed by atoms with van der Waals surface area (Å²) in [6.07, 6.45) is 1.00. The van der Waals surface area contributed by atoms with Crippen molar-refractivity contribution in [1.29, 1.82) is 0 Å². The first-order valence-electron chi connectivity index (χ1n) is 4.73. The average molecular weight is 265 g/mol. The van der Waals surface area contributed by atoms with Gasteiger partial charge in [-0.2, -0.15) is 0 Å². The largest absolute Gasteiger partial charge is 0.397 e. The van der Waals surface area contributed by atoms with Crippen molar-refractivity contribution < 1.29 is 17.2 Å². The molecule has 0 atom stereocenters. The van der Waals surface area contributed by atoms with Gasteiger partial charge in [0.25, 0.3) is 0 Å². The summed E-state index contributed by atoms with van der Waals surface area (Å²) >= 11 is 0. The molecular weight excluding hydrogens is 252 g/mol. The highest BCUT2D eigenvalue weighted by molar-refractivity contribution is 7.88. The van der Waals surface area contributed by atoms with E-state index in [1.54, 1.807) is 0 Å². The average Bonchev–Trinajstić information content (AvgIpc) is 2.21. The third kappa shape index (κ3) is 4.16. The van der Waals surface area contributed by atoms with E-state index in [1.165, 1.54) is 6.07 Å². The number of benzene rings is 1. The summed E-state index contributed by atoms with van der Waals surface area (Å²) in [6.45, 7) is 0.145. The number of nitrogens with two attached hydrogens (primary N) is 1. The van der Waals surface area contributed by atoms with E-state index in [-0.39, 0.29) is 24.5 Å². The zero-order chi connectivity index (χ0) is 13.1. The van der Waals surface area contributed by atoms with Crippen molar-refractivity contribution in [3.8, 4) is 0 Å². The van der Waals surface area contributed by atoms with Crippen molar-refractivity contribution in [3.63, 3.8) is 0 Å². The van der Waals surface area contributed by atoms with Crippen LogP contribution in [0.3, 0.4) is 0 Å². The Kier molecular flexibility index (Phi) is 4.24. The standard InChI is InChI=1S/C9H13F2N3O2S/c1-17(15,16)14-5-4-13-9-7(12)3-2-6(10)8(9)11/h2-3,13-14H,4-5,12H2,1H3. The maximum atomic E-state index is 13.3. The highest BCUT2D eigenvalue weighted by Crippen LogP contribution is 2.23. The van der Waals surface area contributed by atoms with Gasteiger partial charge in [0.1, 0.15) is 0 Å². The first-order chi connectivity index (χ1) is 7.81. The van der Waals surface area contributed by atoms with Crippen molar-refractivity contribution in [3.05, 3.63) is 23.8 Å². The Balaban J connectivity index is 2.61. The highest BCUT2D eigenvalue weighted by atomic mass is 32.2. The first kappa shape index (κ1) is 13.7. The zero-order valence-electron chi connectivity index (χ0n) is 9.13. The van der Waals surface area contributed by atoms with E-state index in [1.807, 2.05) is 0 Å². The molecule has 4 N–H and O–H groups in total. The summed E-state index contributed by atoms with van der Waals surface area (Å²) in [5.74, 6) is -2.10. The zero-order valence-corrected chi connectivity index (χ0v) is 9.94. The Morgan fingerprint density at radius 2 is 1.94 bits per heavy atom. The van der Waals surface area contributed by atoms with E-state index in [0.717, 1.165) is 12.3 Å². The third-order valence-corrected chi connectivity index (χ3v) is 2.65. The van der Waals surface area contributed by atoms with Crippen molar-refractivity contribution >= 4 is 21.4 Å². The Morgan fingerprint density at radius 3 is 2.53 bits per heavy atom. The molecule has 1 aromatic rings. The predicted molar refractivity (Wildman–Crippen MR) is 62.1 cm³/mol. The van der Waals surface area contributed by atoms with Gasteiger partial charge in [-0.1, -0.05) is 0 Å². The molecular formula is C9H13F2N3O2S. The molecule has 0 radical (unpaired) electrons. The number of hydrogen-bond donors (Lipinski definition) is 3. The molecule has 1 aromatic carbocycles. The van der Waals surface area contributed by atoms with Crippen LogP contribution in [0.15, 0.2) is 12.1 Å². The van der Waals surface area contributed by atoms with Crippen LogP contribution in [0, 0.1) is 11.6 Å². The molecule has 0 saturated carbocycles. The molecule has 0 bridgehead atoms. The van der Waals surface area contributed by atoms with Crippen molar-refractivity contribution in [2.75, 3.05) is 30.4 Å². The van der Waals surface area contributed by atoms with Crippen molar-refractivity contribution in [2.45, 2.75) is 0 Å². The van der Waals surface area contributed by atoms with E-state index < -0.39 is 21.7 Å². The van der Waals surface area contributed by atoms with Crippen LogP contribution >= 0.6 is 0 Å². The maximum absolute atomic E-state index is 13.3. The lowest BCUT2D eigenvalue weighted by atomic mass is 10.2. The fourth-order valence-electron chi connectivity index (χ4n) is 1.17. The summed E-state index contributed by atoms with van der Waals surface area (Å²) in [5, 5.41) is 2.53. The number of hydrogen-bond acceptors (Lipinski definition) is 4. The summed E-state index contributed by atoms with van der Waals surface area (Å²) in [5.41, 5.74) is 5.34. The Labute approximate surface area is 98.1 Å². The molecule has 0 unspecified atom stereocenters. The van der Waals surface area contributed by atoms with Gasteiger partial charge in [-0.05, 0) is 12.1 Å². The summed E-state index contributed by atoms with van der Waals surface area (Å²) in [4.78, 5) is 0. The van der Waals surface area contributed by atoms with Crippen LogP contribution in [0.5, 0.6) is 0 Å². The molecule has 0 spiro atoms. The molecule has 17 heavy (non-hydrogen) atoms. The smallest absolute Gasteiger partial charge is 0.208 e. The van der Waals surface area contributed by atoms with Crippen LogP contribution in [0.25, 0.3) is 0 Å². The van der Waals surface area contributed by atoms with Gasteiger partial charge in [0, 0.05) is 13.1 Å². The number of rotatable bonds is 5.